The van der Waals surface area contributed by atoms with Gasteiger partial charge in [0.25, 0.3) is 0 Å². The molecule has 8 heteroatoms. The molecule has 0 amide bonds. The van der Waals surface area contributed by atoms with Crippen molar-refractivity contribution < 1.29 is 14.0 Å². The van der Waals surface area contributed by atoms with Crippen LogP contribution in [0.5, 0.6) is 0 Å². The van der Waals surface area contributed by atoms with Crippen molar-refractivity contribution in [2.75, 3.05) is 5.23 Å². The normalized spacial score (nSPS) is 16.8. The lowest BCUT2D eigenvalue weighted by molar-refractivity contribution is 0.296. The molecule has 0 radical (unpaired) electrons. The smallest absolute Gasteiger partial charge is 0.132 e. The molecule has 1 N–H and O–H groups in total. The largest absolute Gasteiger partial charge is 0.733 e. The van der Waals surface area contributed by atoms with Crippen molar-refractivity contribution in [2.24, 2.45) is 0 Å². The van der Waals surface area contributed by atoms with Crippen LogP contribution in [0.2, 0.25) is 0 Å². The summed E-state index contributed by atoms with van der Waals surface area (Å²) in [6.07, 6.45) is 0. The SMILES string of the molecule is [O-]N(O)c1ccc2nc3n(c2c1)C(c1c(F)cccc1F)SC3. The standard InChI is InChI=1S/C15H10F2N3O2S/c16-9-2-1-3-10(17)14(9)15-19-12-6-8(20(21)22)4-5-11(12)18-13(19)7-23-15/h1-6,15,21H,7H2/q-1. The second-order valence-corrected chi connectivity index (χ2v) is 6.21. The number of thioether (sulfide) groups is 1. The zero-order valence-electron chi connectivity index (χ0n) is 11.6. The van der Waals surface area contributed by atoms with E-state index in [0.717, 1.165) is 0 Å². The summed E-state index contributed by atoms with van der Waals surface area (Å²) in [5.74, 6) is -0.0741. The van der Waals surface area contributed by atoms with E-state index in [9.17, 15) is 14.0 Å². The van der Waals surface area contributed by atoms with Gasteiger partial charge in [0.1, 0.15) is 22.8 Å². The van der Waals surface area contributed by atoms with Crippen LogP contribution in [0.4, 0.5) is 14.5 Å². The van der Waals surface area contributed by atoms with E-state index < -0.39 is 17.0 Å². The average Bonchev–Trinajstić information content (AvgIpc) is 3.06. The maximum atomic E-state index is 14.1. The van der Waals surface area contributed by atoms with Gasteiger partial charge in [-0.05, 0) is 30.3 Å². The minimum Gasteiger partial charge on any atom is -0.733 e. The van der Waals surface area contributed by atoms with E-state index in [1.54, 1.807) is 10.6 Å². The van der Waals surface area contributed by atoms with Gasteiger partial charge in [0.15, 0.2) is 0 Å². The summed E-state index contributed by atoms with van der Waals surface area (Å²) in [4.78, 5) is 4.42. The first-order valence-electron chi connectivity index (χ1n) is 6.79. The highest BCUT2D eigenvalue weighted by Crippen LogP contribution is 2.44. The van der Waals surface area contributed by atoms with Crippen molar-refractivity contribution in [3.05, 3.63) is 64.6 Å². The molecule has 2 heterocycles. The van der Waals surface area contributed by atoms with Gasteiger partial charge in [-0.1, -0.05) is 6.07 Å². The van der Waals surface area contributed by atoms with Gasteiger partial charge in [0.05, 0.1) is 28.0 Å². The predicted molar refractivity (Wildman–Crippen MR) is 83.2 cm³/mol. The quantitative estimate of drug-likeness (QED) is 0.722. The number of benzene rings is 2. The third-order valence-electron chi connectivity index (χ3n) is 3.82. The van der Waals surface area contributed by atoms with E-state index in [4.69, 9.17) is 5.21 Å². The van der Waals surface area contributed by atoms with E-state index in [2.05, 4.69) is 4.98 Å². The van der Waals surface area contributed by atoms with Crippen LogP contribution in [-0.4, -0.2) is 14.8 Å². The van der Waals surface area contributed by atoms with Gasteiger partial charge in [-0.3, -0.25) is 5.21 Å². The van der Waals surface area contributed by atoms with Crippen LogP contribution < -0.4 is 5.23 Å². The van der Waals surface area contributed by atoms with Crippen molar-refractivity contribution in [2.45, 2.75) is 11.1 Å². The van der Waals surface area contributed by atoms with Crippen LogP contribution >= 0.6 is 11.8 Å². The molecule has 1 aromatic heterocycles. The van der Waals surface area contributed by atoms with Crippen LogP contribution in [0.25, 0.3) is 11.0 Å². The summed E-state index contributed by atoms with van der Waals surface area (Å²) in [5, 5.41) is 19.3. The Kier molecular flexibility index (Phi) is 3.26. The number of hydrogen-bond donors (Lipinski definition) is 1. The number of halogens is 2. The van der Waals surface area contributed by atoms with Crippen LogP contribution in [-0.2, 0) is 5.75 Å². The summed E-state index contributed by atoms with van der Waals surface area (Å²) in [5.41, 5.74) is 1.14. The maximum absolute atomic E-state index is 14.1. The number of rotatable bonds is 2. The molecular formula is C15H10F2N3O2S-. The Hall–Kier alpha value is -2.16. The Morgan fingerprint density at radius 3 is 2.70 bits per heavy atom. The third-order valence-corrected chi connectivity index (χ3v) is 5.01. The third kappa shape index (κ3) is 2.18. The fraction of sp³-hybridized carbons (Fsp3) is 0.133. The van der Waals surface area contributed by atoms with Gasteiger partial charge >= 0.3 is 0 Å². The fourth-order valence-electron chi connectivity index (χ4n) is 2.80. The predicted octanol–water partition coefficient (Wildman–Crippen LogP) is 3.80. The number of hydrogen-bond acceptors (Lipinski definition) is 5. The average molecular weight is 334 g/mol. The Bertz CT molecular complexity index is 893. The Morgan fingerprint density at radius 1 is 1.26 bits per heavy atom. The molecule has 0 aliphatic carbocycles. The van der Waals surface area contributed by atoms with E-state index in [-0.39, 0.29) is 16.5 Å². The van der Waals surface area contributed by atoms with E-state index in [0.29, 0.717) is 22.6 Å². The Balaban J connectivity index is 1.93. The number of anilines is 1. The van der Waals surface area contributed by atoms with Crippen molar-refractivity contribution in [1.29, 1.82) is 0 Å². The fourth-order valence-corrected chi connectivity index (χ4v) is 4.09. The number of imidazole rings is 1. The number of nitrogens with zero attached hydrogens (tertiary/aromatic N) is 3. The van der Waals surface area contributed by atoms with Gasteiger partial charge in [0, 0.05) is 0 Å². The van der Waals surface area contributed by atoms with Gasteiger partial charge in [-0.25, -0.2) is 13.8 Å². The first kappa shape index (κ1) is 14.4. The molecule has 0 spiro atoms. The van der Waals surface area contributed by atoms with Crippen molar-refractivity contribution in [3.8, 4) is 0 Å². The number of aromatic nitrogens is 2. The van der Waals surface area contributed by atoms with Crippen molar-refractivity contribution in [1.82, 2.24) is 9.55 Å². The Labute approximate surface area is 133 Å². The second kappa shape index (κ2) is 5.19. The van der Waals surface area contributed by atoms with Gasteiger partial charge in [-0.15, -0.1) is 11.8 Å². The molecule has 1 unspecified atom stereocenters. The minimum atomic E-state index is -0.624. The monoisotopic (exact) mass is 334 g/mol. The molecule has 1 aliphatic rings. The molecule has 3 aromatic rings. The van der Waals surface area contributed by atoms with Gasteiger partial charge in [-0.2, -0.15) is 0 Å². The molecule has 1 aliphatic heterocycles. The molecule has 2 aromatic carbocycles. The highest BCUT2D eigenvalue weighted by Gasteiger charge is 2.31. The first-order valence-corrected chi connectivity index (χ1v) is 7.83. The summed E-state index contributed by atoms with van der Waals surface area (Å²) < 4.78 is 30.0. The lowest BCUT2D eigenvalue weighted by atomic mass is 10.2. The van der Waals surface area contributed by atoms with E-state index in [1.165, 1.54) is 42.1 Å². The van der Waals surface area contributed by atoms with E-state index in [1.807, 2.05) is 0 Å². The molecule has 1 atom stereocenters. The summed E-state index contributed by atoms with van der Waals surface area (Å²) in [6.45, 7) is 0. The van der Waals surface area contributed by atoms with Gasteiger partial charge < -0.3 is 15.0 Å². The summed E-state index contributed by atoms with van der Waals surface area (Å²) in [6, 6.07) is 8.24. The van der Waals surface area contributed by atoms with Crippen LogP contribution in [0.3, 0.4) is 0 Å². The molecule has 0 saturated carbocycles. The first-order chi connectivity index (χ1) is 11.1. The lowest BCUT2D eigenvalue weighted by Crippen LogP contribution is -2.09. The van der Waals surface area contributed by atoms with Crippen molar-refractivity contribution >= 4 is 28.5 Å². The Morgan fingerprint density at radius 2 is 2.00 bits per heavy atom. The van der Waals surface area contributed by atoms with Gasteiger partial charge in [0.2, 0.25) is 0 Å². The zero-order valence-corrected chi connectivity index (χ0v) is 12.4. The number of fused-ring (bicyclic) bond motifs is 3. The topological polar surface area (TPSA) is 64.3 Å². The molecule has 5 nitrogen and oxygen atoms in total. The summed E-state index contributed by atoms with van der Waals surface area (Å²) >= 11 is 1.35. The molecule has 0 fully saturated rings. The molecule has 0 bridgehead atoms. The summed E-state index contributed by atoms with van der Waals surface area (Å²) in [7, 11) is 0. The molecule has 0 saturated heterocycles. The van der Waals surface area contributed by atoms with Crippen LogP contribution in [0.15, 0.2) is 36.4 Å². The maximum Gasteiger partial charge on any atom is 0.132 e. The van der Waals surface area contributed by atoms with Crippen molar-refractivity contribution in [3.63, 3.8) is 0 Å². The highest BCUT2D eigenvalue weighted by molar-refractivity contribution is 7.99. The van der Waals surface area contributed by atoms with Crippen LogP contribution in [0.1, 0.15) is 16.8 Å². The minimum absolute atomic E-state index is 0.0323. The molecular weight excluding hydrogens is 324 g/mol. The van der Waals surface area contributed by atoms with E-state index >= 15 is 0 Å². The highest BCUT2D eigenvalue weighted by atomic mass is 32.2. The molecule has 118 valence electrons. The molecule has 4 rings (SSSR count). The van der Waals surface area contributed by atoms with Crippen LogP contribution in [0, 0.1) is 16.8 Å². The second-order valence-electron chi connectivity index (χ2n) is 5.14. The zero-order chi connectivity index (χ0) is 16.1. The lowest BCUT2D eigenvalue weighted by Gasteiger charge is -2.22. The molecule has 23 heavy (non-hydrogen) atoms.